The molecule has 0 saturated carbocycles. The minimum atomic E-state index is -1.04. The smallest absolute Gasteiger partial charge is 0.338 e. The van der Waals surface area contributed by atoms with Crippen molar-refractivity contribution in [3.63, 3.8) is 0 Å². The van der Waals surface area contributed by atoms with E-state index in [1.807, 2.05) is 54.6 Å². The molecule has 0 aliphatic heterocycles. The van der Waals surface area contributed by atoms with E-state index in [9.17, 15) is 28.0 Å². The maximum Gasteiger partial charge on any atom is 0.338 e. The van der Waals surface area contributed by atoms with E-state index in [1.165, 1.54) is 36.4 Å². The summed E-state index contributed by atoms with van der Waals surface area (Å²) >= 11 is 0. The van der Waals surface area contributed by atoms with Crippen LogP contribution in [0.1, 0.15) is 70.3 Å². The number of carboxylic acid groups (broad SMARTS) is 1. The van der Waals surface area contributed by atoms with Crippen LogP contribution in [0.15, 0.2) is 133 Å². The number of carbonyl (C=O) groups is 4. The molecule has 54 heavy (non-hydrogen) atoms. The zero-order valence-electron chi connectivity index (χ0n) is 30.3. The van der Waals surface area contributed by atoms with Crippen molar-refractivity contribution in [1.29, 1.82) is 0 Å². The predicted molar refractivity (Wildman–Crippen MR) is 202 cm³/mol. The van der Waals surface area contributed by atoms with Gasteiger partial charge < -0.3 is 19.9 Å². The van der Waals surface area contributed by atoms with Crippen molar-refractivity contribution >= 4 is 23.8 Å². The number of carbonyl (C=O) groups excluding carboxylic acids is 3. The summed E-state index contributed by atoms with van der Waals surface area (Å²) in [4.78, 5) is 49.6. The van der Waals surface area contributed by atoms with Crippen molar-refractivity contribution in [1.82, 2.24) is 5.32 Å². The van der Waals surface area contributed by atoms with Crippen LogP contribution in [-0.2, 0) is 20.7 Å². The molecule has 10 heteroatoms. The van der Waals surface area contributed by atoms with Crippen LogP contribution in [0.2, 0.25) is 0 Å². The number of carboxylic acids is 1. The van der Waals surface area contributed by atoms with Crippen LogP contribution in [0.25, 0.3) is 11.1 Å². The van der Waals surface area contributed by atoms with Crippen molar-refractivity contribution in [3.05, 3.63) is 167 Å². The molecular formula is C44H43F2NO7. The lowest BCUT2D eigenvalue weighted by molar-refractivity contribution is -0.164. The van der Waals surface area contributed by atoms with Crippen molar-refractivity contribution < 1.29 is 42.5 Å². The molecule has 0 aliphatic rings. The van der Waals surface area contributed by atoms with E-state index in [4.69, 9.17) is 14.6 Å². The summed E-state index contributed by atoms with van der Waals surface area (Å²) in [6.45, 7) is 5.44. The van der Waals surface area contributed by atoms with Gasteiger partial charge in [-0.25, -0.2) is 18.4 Å². The number of ether oxygens (including phenoxy) is 2. The van der Waals surface area contributed by atoms with E-state index in [0.717, 1.165) is 28.8 Å². The number of hydrogen-bond donors (Lipinski definition) is 2. The van der Waals surface area contributed by atoms with Crippen molar-refractivity contribution in [2.24, 2.45) is 5.92 Å². The molecule has 5 rings (SSSR count). The largest absolute Gasteiger partial charge is 0.478 e. The van der Waals surface area contributed by atoms with Gasteiger partial charge >= 0.3 is 17.9 Å². The predicted octanol–water partition coefficient (Wildman–Crippen LogP) is 8.95. The van der Waals surface area contributed by atoms with Gasteiger partial charge in [0, 0.05) is 12.1 Å². The normalized spacial score (nSPS) is 11.9. The Hall–Kier alpha value is -6.16. The first-order valence-corrected chi connectivity index (χ1v) is 17.4. The van der Waals surface area contributed by atoms with Gasteiger partial charge in [-0.15, -0.1) is 0 Å². The number of esters is 2. The van der Waals surface area contributed by atoms with Gasteiger partial charge in [0.25, 0.3) is 5.91 Å². The Kier molecular flexibility index (Phi) is 14.7. The monoisotopic (exact) mass is 735 g/mol. The number of amides is 1. The lowest BCUT2D eigenvalue weighted by atomic mass is 9.92. The van der Waals surface area contributed by atoms with E-state index < -0.39 is 53.1 Å². The first kappa shape index (κ1) is 40.6. The maximum absolute atomic E-state index is 13.5. The van der Waals surface area contributed by atoms with E-state index in [2.05, 4.69) is 5.32 Å². The number of benzene rings is 5. The number of halogens is 2. The molecule has 1 amide bonds. The third kappa shape index (κ3) is 13.1. The standard InChI is InChI=1S/C37H38FNO5.C7H5FO2/c1-37(2,3)44-36(42)32(24-25-39-34(40)29-19-21-31(38)22-20-29)33(43-35(41)30-12-8-5-9-13-30)23-16-26-14-17-28(18-15-26)27-10-6-4-7-11-27;8-6-3-1-5(2-4-6)7(9)10/h4-15,17-22,32-33H,16,23-25H2,1-3H3,(H,39,40);1-4H,(H,9,10). The number of aromatic carboxylic acids is 1. The highest BCUT2D eigenvalue weighted by Crippen LogP contribution is 2.25. The second-order valence-corrected chi connectivity index (χ2v) is 13.4. The fourth-order valence-corrected chi connectivity index (χ4v) is 5.40. The van der Waals surface area contributed by atoms with Crippen LogP contribution in [0.5, 0.6) is 0 Å². The average Bonchev–Trinajstić information content (AvgIpc) is 3.16. The fourth-order valence-electron chi connectivity index (χ4n) is 5.40. The zero-order chi connectivity index (χ0) is 39.1. The highest BCUT2D eigenvalue weighted by molar-refractivity contribution is 5.94. The Bertz CT molecular complexity index is 1960. The maximum atomic E-state index is 13.5. The summed E-state index contributed by atoms with van der Waals surface area (Å²) in [6.07, 6.45) is 0.248. The third-order valence-corrected chi connectivity index (χ3v) is 8.14. The minimum absolute atomic E-state index is 0.0985. The Morgan fingerprint density at radius 3 is 1.70 bits per heavy atom. The molecule has 2 atom stereocenters. The lowest BCUT2D eigenvalue weighted by Crippen LogP contribution is -2.40. The molecule has 8 nitrogen and oxygen atoms in total. The molecule has 0 bridgehead atoms. The average molecular weight is 736 g/mol. The van der Waals surface area contributed by atoms with Crippen LogP contribution >= 0.6 is 0 Å². The van der Waals surface area contributed by atoms with Gasteiger partial charge in [0.1, 0.15) is 23.3 Å². The van der Waals surface area contributed by atoms with Crippen molar-refractivity contribution in [3.8, 4) is 11.1 Å². The van der Waals surface area contributed by atoms with Gasteiger partial charge in [-0.2, -0.15) is 0 Å². The van der Waals surface area contributed by atoms with Gasteiger partial charge in [-0.3, -0.25) is 9.59 Å². The third-order valence-electron chi connectivity index (χ3n) is 8.14. The van der Waals surface area contributed by atoms with Gasteiger partial charge in [-0.1, -0.05) is 72.8 Å². The van der Waals surface area contributed by atoms with Gasteiger partial charge in [0.2, 0.25) is 0 Å². The molecule has 2 unspecified atom stereocenters. The SMILES string of the molecule is CC(C)(C)OC(=O)C(CCNC(=O)c1ccc(F)cc1)C(CCc1ccc(-c2ccccc2)cc1)OC(=O)c1ccccc1.O=C(O)c1ccc(F)cc1. The first-order valence-electron chi connectivity index (χ1n) is 17.4. The number of nitrogens with one attached hydrogen (secondary N) is 1. The molecule has 0 aromatic heterocycles. The molecule has 0 heterocycles. The molecule has 0 aliphatic carbocycles. The van der Waals surface area contributed by atoms with Crippen molar-refractivity contribution in [2.45, 2.75) is 51.7 Å². The molecule has 0 radical (unpaired) electrons. The lowest BCUT2D eigenvalue weighted by Gasteiger charge is -2.29. The van der Waals surface area contributed by atoms with Crippen molar-refractivity contribution in [2.75, 3.05) is 6.54 Å². The van der Waals surface area contributed by atoms with E-state index >= 15 is 0 Å². The zero-order valence-corrected chi connectivity index (χ0v) is 30.3. The van der Waals surface area contributed by atoms with E-state index in [-0.39, 0.29) is 18.5 Å². The molecule has 2 N–H and O–H groups in total. The summed E-state index contributed by atoms with van der Waals surface area (Å²) in [6, 6.07) is 36.7. The van der Waals surface area contributed by atoms with Crippen LogP contribution in [0, 0.1) is 17.6 Å². The van der Waals surface area contributed by atoms with E-state index in [1.54, 1.807) is 51.1 Å². The molecule has 0 fully saturated rings. The molecule has 5 aromatic carbocycles. The highest BCUT2D eigenvalue weighted by atomic mass is 19.1. The molecular weight excluding hydrogens is 692 g/mol. The number of rotatable bonds is 13. The summed E-state index contributed by atoms with van der Waals surface area (Å²) < 4.78 is 37.2. The van der Waals surface area contributed by atoms with Gasteiger partial charge in [0.15, 0.2) is 0 Å². The first-order chi connectivity index (χ1) is 25.8. The summed E-state index contributed by atoms with van der Waals surface area (Å²) in [5.41, 5.74) is 3.22. The molecule has 0 spiro atoms. The summed E-state index contributed by atoms with van der Waals surface area (Å²) in [5.74, 6) is -4.21. The number of aryl methyl sites for hydroxylation is 1. The Morgan fingerprint density at radius 2 is 1.17 bits per heavy atom. The van der Waals surface area contributed by atoms with Gasteiger partial charge in [-0.05, 0) is 117 Å². The van der Waals surface area contributed by atoms with Crippen LogP contribution < -0.4 is 5.32 Å². The van der Waals surface area contributed by atoms with E-state index in [0.29, 0.717) is 24.0 Å². The quantitative estimate of drug-likeness (QED) is 0.116. The second-order valence-electron chi connectivity index (χ2n) is 13.4. The Morgan fingerprint density at radius 1 is 0.648 bits per heavy atom. The summed E-state index contributed by atoms with van der Waals surface area (Å²) in [7, 11) is 0. The molecule has 5 aromatic rings. The van der Waals surface area contributed by atoms with Gasteiger partial charge in [0.05, 0.1) is 17.0 Å². The topological polar surface area (TPSA) is 119 Å². The van der Waals surface area contributed by atoms with Crippen LogP contribution in [0.4, 0.5) is 8.78 Å². The Labute approximate surface area is 313 Å². The second kappa shape index (κ2) is 19.6. The Balaban J connectivity index is 0.000000562. The number of hydrogen-bond acceptors (Lipinski definition) is 6. The minimum Gasteiger partial charge on any atom is -0.478 e. The van der Waals surface area contributed by atoms with Crippen LogP contribution in [0.3, 0.4) is 0 Å². The highest BCUT2D eigenvalue weighted by Gasteiger charge is 2.35. The summed E-state index contributed by atoms with van der Waals surface area (Å²) in [5, 5.41) is 11.1. The molecule has 0 saturated heterocycles. The fraction of sp³-hybridized carbons (Fsp3) is 0.227. The molecule has 280 valence electrons. The van der Waals surface area contributed by atoms with Crippen LogP contribution in [-0.4, -0.2) is 47.2 Å².